The number of aromatic amines is 1. The van der Waals surface area contributed by atoms with Crippen LogP contribution in [0, 0.1) is 0 Å². The summed E-state index contributed by atoms with van der Waals surface area (Å²) in [6.07, 6.45) is 0.550. The van der Waals surface area contributed by atoms with E-state index >= 15 is 0 Å². The summed E-state index contributed by atoms with van der Waals surface area (Å²) >= 11 is 7.36. The summed E-state index contributed by atoms with van der Waals surface area (Å²) in [5.41, 5.74) is 2.35. The molecule has 9 heteroatoms. The first-order valence-electron chi connectivity index (χ1n) is 9.19. The van der Waals surface area contributed by atoms with E-state index in [-0.39, 0.29) is 25.1 Å². The number of hydrogen-bond donors (Lipinski definition) is 4. The van der Waals surface area contributed by atoms with Gasteiger partial charge < -0.3 is 25.4 Å². The van der Waals surface area contributed by atoms with Crippen LogP contribution in [0.25, 0.3) is 10.2 Å². The van der Waals surface area contributed by atoms with Crippen molar-refractivity contribution in [3.05, 3.63) is 57.6 Å². The summed E-state index contributed by atoms with van der Waals surface area (Å²) in [7, 11) is 0. The first-order chi connectivity index (χ1) is 14.0. The lowest BCUT2D eigenvalue weighted by Crippen LogP contribution is -2.48. The van der Waals surface area contributed by atoms with E-state index in [2.05, 4.69) is 10.3 Å². The molecule has 1 aliphatic rings. The standard InChI is InChI=1S/C20H20ClN3O4S/c21-16-9-12-8-15(23-20(12)29-16)19(28)22-14-7-11-3-1-2-4-13(11)18(14)24(5-6-25)17(27)10-26/h1-4,8-9,14,18,23,25-26H,5-7,10H2,(H,22,28)/t14-,18-/m1/s1. The molecule has 0 bridgehead atoms. The molecule has 3 aromatic rings. The van der Waals surface area contributed by atoms with E-state index < -0.39 is 18.6 Å². The van der Waals surface area contributed by atoms with Gasteiger partial charge in [0.1, 0.15) is 17.1 Å². The summed E-state index contributed by atoms with van der Waals surface area (Å²) in [5, 5.41) is 22.7. The van der Waals surface area contributed by atoms with Crippen LogP contribution in [0.3, 0.4) is 0 Å². The Labute approximate surface area is 175 Å². The molecular formula is C20H20ClN3O4S. The molecule has 1 aromatic carbocycles. The fourth-order valence-electron chi connectivity index (χ4n) is 3.97. The van der Waals surface area contributed by atoms with Crippen molar-refractivity contribution in [3.63, 3.8) is 0 Å². The number of nitrogens with one attached hydrogen (secondary N) is 2. The minimum atomic E-state index is -0.660. The number of carbonyl (C=O) groups excluding carboxylic acids is 2. The van der Waals surface area contributed by atoms with Gasteiger partial charge in [0.05, 0.1) is 23.0 Å². The van der Waals surface area contributed by atoms with E-state index in [1.54, 1.807) is 12.1 Å². The molecule has 2 aromatic heterocycles. The molecule has 0 fully saturated rings. The van der Waals surface area contributed by atoms with Crippen LogP contribution in [-0.2, 0) is 11.2 Å². The predicted molar refractivity (Wildman–Crippen MR) is 111 cm³/mol. The highest BCUT2D eigenvalue weighted by molar-refractivity contribution is 7.22. The second-order valence-corrected chi connectivity index (χ2v) is 8.60. The van der Waals surface area contributed by atoms with Gasteiger partial charge in [-0.3, -0.25) is 9.59 Å². The molecule has 0 spiro atoms. The highest BCUT2D eigenvalue weighted by Crippen LogP contribution is 2.36. The van der Waals surface area contributed by atoms with Crippen LogP contribution in [0.2, 0.25) is 4.34 Å². The third-order valence-electron chi connectivity index (χ3n) is 5.17. The fourth-order valence-corrected chi connectivity index (χ4v) is 5.09. The molecule has 2 atom stereocenters. The second kappa shape index (κ2) is 8.16. The van der Waals surface area contributed by atoms with Crippen LogP contribution < -0.4 is 5.32 Å². The third-order valence-corrected chi connectivity index (χ3v) is 6.36. The van der Waals surface area contributed by atoms with Gasteiger partial charge >= 0.3 is 0 Å². The molecule has 1 aliphatic carbocycles. The van der Waals surface area contributed by atoms with Crippen LogP contribution >= 0.6 is 22.9 Å². The van der Waals surface area contributed by atoms with Crippen molar-refractivity contribution in [2.24, 2.45) is 0 Å². The maximum atomic E-state index is 12.9. The largest absolute Gasteiger partial charge is 0.395 e. The Hall–Kier alpha value is -2.39. The number of amides is 2. The molecule has 2 heterocycles. The zero-order valence-corrected chi connectivity index (χ0v) is 17.0. The minimum Gasteiger partial charge on any atom is -0.395 e. The van der Waals surface area contributed by atoms with Crippen molar-refractivity contribution in [2.45, 2.75) is 18.5 Å². The van der Waals surface area contributed by atoms with Gasteiger partial charge in [0.15, 0.2) is 0 Å². The highest BCUT2D eigenvalue weighted by atomic mass is 35.5. The molecule has 4 rings (SSSR count). The number of H-pyrrole nitrogens is 1. The van der Waals surface area contributed by atoms with E-state index in [4.69, 9.17) is 11.6 Å². The minimum absolute atomic E-state index is 0.0709. The Bertz CT molecular complexity index is 1030. The molecule has 0 saturated heterocycles. The van der Waals surface area contributed by atoms with Crippen molar-refractivity contribution in [2.75, 3.05) is 19.8 Å². The molecule has 0 saturated carbocycles. The van der Waals surface area contributed by atoms with E-state index in [1.807, 2.05) is 24.3 Å². The first kappa shape index (κ1) is 19.9. The molecule has 0 unspecified atom stereocenters. The van der Waals surface area contributed by atoms with Gasteiger partial charge in [0.25, 0.3) is 5.91 Å². The Balaban J connectivity index is 1.62. The number of halogens is 1. The van der Waals surface area contributed by atoms with Crippen molar-refractivity contribution >= 4 is 45.0 Å². The maximum absolute atomic E-state index is 12.9. The molecule has 152 valence electrons. The van der Waals surface area contributed by atoms with Crippen LogP contribution in [-0.4, -0.2) is 57.7 Å². The number of aliphatic hydroxyl groups is 2. The Morgan fingerprint density at radius 1 is 1.28 bits per heavy atom. The lowest BCUT2D eigenvalue weighted by Gasteiger charge is -2.33. The molecular weight excluding hydrogens is 414 g/mol. The molecule has 4 N–H and O–H groups in total. The van der Waals surface area contributed by atoms with Gasteiger partial charge in [0, 0.05) is 11.9 Å². The second-order valence-electron chi connectivity index (χ2n) is 6.91. The number of nitrogens with zero attached hydrogens (tertiary/aromatic N) is 1. The predicted octanol–water partition coefficient (Wildman–Crippen LogP) is 2.09. The number of aliphatic hydroxyl groups excluding tert-OH is 2. The van der Waals surface area contributed by atoms with Gasteiger partial charge in [-0.05, 0) is 29.7 Å². The molecule has 7 nitrogen and oxygen atoms in total. The van der Waals surface area contributed by atoms with Gasteiger partial charge in [-0.2, -0.15) is 0 Å². The van der Waals surface area contributed by atoms with Crippen molar-refractivity contribution in [1.29, 1.82) is 0 Å². The molecule has 0 radical (unpaired) electrons. The number of aromatic nitrogens is 1. The van der Waals surface area contributed by atoms with Gasteiger partial charge in [-0.15, -0.1) is 11.3 Å². The van der Waals surface area contributed by atoms with Gasteiger partial charge in [-0.1, -0.05) is 35.9 Å². The summed E-state index contributed by atoms with van der Waals surface area (Å²) < 4.78 is 0.645. The van der Waals surface area contributed by atoms with Gasteiger partial charge in [0.2, 0.25) is 5.91 Å². The molecule has 0 aliphatic heterocycles. The average molecular weight is 434 g/mol. The van der Waals surface area contributed by atoms with Gasteiger partial charge in [-0.25, -0.2) is 0 Å². The monoisotopic (exact) mass is 433 g/mol. The van der Waals surface area contributed by atoms with Crippen LogP contribution in [0.1, 0.15) is 27.7 Å². The highest BCUT2D eigenvalue weighted by Gasteiger charge is 2.39. The summed E-state index contributed by atoms with van der Waals surface area (Å²) in [6, 6.07) is 10.3. The zero-order chi connectivity index (χ0) is 20.5. The number of rotatable bonds is 6. The topological polar surface area (TPSA) is 106 Å². The number of fused-ring (bicyclic) bond motifs is 2. The van der Waals surface area contributed by atoms with E-state index in [9.17, 15) is 19.8 Å². The van der Waals surface area contributed by atoms with Crippen LogP contribution in [0.4, 0.5) is 0 Å². The lowest BCUT2D eigenvalue weighted by molar-refractivity contribution is -0.137. The molecule has 29 heavy (non-hydrogen) atoms. The van der Waals surface area contributed by atoms with Crippen molar-refractivity contribution in [3.8, 4) is 0 Å². The maximum Gasteiger partial charge on any atom is 0.268 e. The zero-order valence-electron chi connectivity index (χ0n) is 15.4. The quantitative estimate of drug-likeness (QED) is 0.477. The Kier molecular flexibility index (Phi) is 5.60. The smallest absolute Gasteiger partial charge is 0.268 e. The number of carbonyl (C=O) groups is 2. The number of hydrogen-bond acceptors (Lipinski definition) is 5. The summed E-state index contributed by atoms with van der Waals surface area (Å²) in [6.45, 7) is -0.826. The van der Waals surface area contributed by atoms with Crippen molar-refractivity contribution < 1.29 is 19.8 Å². The number of thiophene rings is 1. The van der Waals surface area contributed by atoms with Crippen molar-refractivity contribution in [1.82, 2.24) is 15.2 Å². The number of benzene rings is 1. The Morgan fingerprint density at radius 3 is 2.79 bits per heavy atom. The molecule has 2 amide bonds. The first-order valence-corrected chi connectivity index (χ1v) is 10.4. The van der Waals surface area contributed by atoms with E-state index in [0.717, 1.165) is 21.3 Å². The SMILES string of the molecule is O=C(N[C@@H]1Cc2ccccc2[C@H]1N(CCO)C(=O)CO)c1cc2cc(Cl)sc2[nH]1. The fraction of sp³-hybridized carbons (Fsp3) is 0.300. The normalized spacial score (nSPS) is 18.0. The average Bonchev–Trinajstić information content (AvgIpc) is 3.36. The van der Waals surface area contributed by atoms with Crippen LogP contribution in [0.5, 0.6) is 0 Å². The van der Waals surface area contributed by atoms with E-state index in [1.165, 1.54) is 16.2 Å². The lowest BCUT2D eigenvalue weighted by atomic mass is 10.0. The Morgan fingerprint density at radius 2 is 2.07 bits per heavy atom. The summed E-state index contributed by atoms with van der Waals surface area (Å²) in [4.78, 5) is 30.6. The summed E-state index contributed by atoms with van der Waals surface area (Å²) in [5.74, 6) is -0.775. The van der Waals surface area contributed by atoms with E-state index in [0.29, 0.717) is 16.5 Å². The van der Waals surface area contributed by atoms with Crippen LogP contribution in [0.15, 0.2) is 36.4 Å². The third kappa shape index (κ3) is 3.76.